The average Bonchev–Trinajstić information content (AvgIpc) is 3.11. The van der Waals surface area contributed by atoms with Crippen molar-refractivity contribution in [3.8, 4) is 0 Å². The van der Waals surface area contributed by atoms with Gasteiger partial charge in [-0.1, -0.05) is 72.8 Å². The van der Waals surface area contributed by atoms with E-state index in [2.05, 4.69) is 0 Å². The Morgan fingerprint density at radius 3 is 1.15 bits per heavy atom. The van der Waals surface area contributed by atoms with E-state index < -0.39 is 60.6 Å². The number of ether oxygens (including phenoxy) is 6. The smallest absolute Gasteiger partial charge is 0.340 e. The Morgan fingerprint density at radius 1 is 0.457 bits per heavy atom. The number of carbonyl (C=O) groups is 5. The molecule has 5 atom stereocenters. The molecule has 0 N–H and O–H groups in total. The second kappa shape index (κ2) is 14.8. The van der Waals surface area contributed by atoms with Gasteiger partial charge in [0.05, 0.1) is 29.4 Å². The summed E-state index contributed by atoms with van der Waals surface area (Å²) in [7, 11) is 1.07. The highest BCUT2D eigenvalue weighted by Crippen LogP contribution is 2.32. The van der Waals surface area contributed by atoms with Crippen LogP contribution in [0.4, 0.5) is 0 Å². The molecule has 0 amide bonds. The van der Waals surface area contributed by atoms with E-state index in [9.17, 15) is 24.0 Å². The van der Waals surface area contributed by atoms with E-state index in [1.54, 1.807) is 72.8 Å². The predicted octanol–water partition coefficient (Wildman–Crippen LogP) is 4.42. The van der Waals surface area contributed by atoms with Gasteiger partial charge < -0.3 is 28.4 Å². The van der Waals surface area contributed by atoms with Crippen LogP contribution in [0.1, 0.15) is 41.4 Å². The van der Waals surface area contributed by atoms with Gasteiger partial charge in [0.2, 0.25) is 12.4 Å². The summed E-state index contributed by atoms with van der Waals surface area (Å²) in [6.07, 6.45) is -8.81. The fourth-order valence-corrected chi connectivity index (χ4v) is 4.65. The molecule has 1 saturated heterocycles. The first-order chi connectivity index (χ1) is 22.4. The predicted molar refractivity (Wildman–Crippen MR) is 159 cm³/mol. The number of benzene rings is 4. The van der Waals surface area contributed by atoms with Crippen molar-refractivity contribution in [1.29, 1.82) is 0 Å². The van der Waals surface area contributed by atoms with E-state index in [1.807, 2.05) is 0 Å². The van der Waals surface area contributed by atoms with E-state index in [1.165, 1.54) is 48.5 Å². The molecule has 5 unspecified atom stereocenters. The summed E-state index contributed by atoms with van der Waals surface area (Å²) in [6, 6.07) is 31.4. The van der Waals surface area contributed by atoms with Gasteiger partial charge >= 0.3 is 29.8 Å². The van der Waals surface area contributed by atoms with Crippen molar-refractivity contribution in [2.24, 2.45) is 0 Å². The Balaban J connectivity index is 1.58. The van der Waals surface area contributed by atoms with Crippen molar-refractivity contribution >= 4 is 29.8 Å². The van der Waals surface area contributed by atoms with Crippen molar-refractivity contribution in [1.82, 2.24) is 0 Å². The molecule has 1 fully saturated rings. The molecule has 0 aromatic heterocycles. The molecule has 46 heavy (non-hydrogen) atoms. The number of hydrogen-bond donors (Lipinski definition) is 0. The number of esters is 5. The molecular formula is C35H28O11. The third-order valence-electron chi connectivity index (χ3n) is 6.92. The first-order valence-corrected chi connectivity index (χ1v) is 14.1. The lowest BCUT2D eigenvalue weighted by Crippen LogP contribution is -2.64. The number of carbonyl (C=O) groups excluding carboxylic acids is 5. The molecule has 0 aliphatic carbocycles. The maximum atomic E-state index is 13.4. The summed E-state index contributed by atoms with van der Waals surface area (Å²) >= 11 is 0. The van der Waals surface area contributed by atoms with Gasteiger partial charge in [-0.25, -0.2) is 24.0 Å². The molecule has 0 saturated carbocycles. The molecular weight excluding hydrogens is 596 g/mol. The second-order valence-electron chi connectivity index (χ2n) is 9.93. The molecule has 0 bridgehead atoms. The monoisotopic (exact) mass is 624 g/mol. The first-order valence-electron chi connectivity index (χ1n) is 14.1. The zero-order valence-electron chi connectivity index (χ0n) is 24.4. The fourth-order valence-electron chi connectivity index (χ4n) is 4.65. The van der Waals surface area contributed by atoms with Crippen molar-refractivity contribution < 1.29 is 52.4 Å². The van der Waals surface area contributed by atoms with E-state index in [0.29, 0.717) is 0 Å². The maximum Gasteiger partial charge on any atom is 0.340 e. The number of methoxy groups -OCH3 is 1. The second-order valence-corrected chi connectivity index (χ2v) is 9.93. The SMILES string of the molecule is COC(=O)C1OC(OC(=O)c2ccccc2)C(OC(=O)c2ccccc2)C(OC(=O)c2ccccc2)C1OC(=O)c1ccccc1. The molecule has 4 aromatic rings. The molecule has 1 heterocycles. The fraction of sp³-hybridized carbons (Fsp3) is 0.171. The van der Waals surface area contributed by atoms with Crippen molar-refractivity contribution in [2.45, 2.75) is 30.7 Å². The van der Waals surface area contributed by atoms with Gasteiger partial charge in [-0.2, -0.15) is 0 Å². The summed E-state index contributed by atoms with van der Waals surface area (Å²) in [4.78, 5) is 66.4. The Labute approximate surface area is 263 Å². The van der Waals surface area contributed by atoms with Crippen LogP contribution in [0.2, 0.25) is 0 Å². The van der Waals surface area contributed by atoms with Crippen molar-refractivity contribution in [3.63, 3.8) is 0 Å². The van der Waals surface area contributed by atoms with Crippen molar-refractivity contribution in [3.05, 3.63) is 144 Å². The zero-order valence-corrected chi connectivity index (χ0v) is 24.4. The Bertz CT molecular complexity index is 1660. The van der Waals surface area contributed by atoms with E-state index >= 15 is 0 Å². The molecule has 1 aliphatic heterocycles. The third-order valence-corrected chi connectivity index (χ3v) is 6.92. The quantitative estimate of drug-likeness (QED) is 0.193. The molecule has 0 spiro atoms. The van der Waals surface area contributed by atoms with Crippen LogP contribution in [-0.2, 0) is 33.2 Å². The topological polar surface area (TPSA) is 141 Å². The molecule has 11 heteroatoms. The minimum absolute atomic E-state index is 0.0997. The van der Waals surface area contributed by atoms with Gasteiger partial charge in [0, 0.05) is 0 Å². The number of rotatable bonds is 9. The summed E-state index contributed by atoms with van der Waals surface area (Å²) < 4.78 is 33.8. The normalized spacial score (nSPS) is 20.4. The van der Waals surface area contributed by atoms with Gasteiger partial charge in [-0.15, -0.1) is 0 Å². The lowest BCUT2D eigenvalue weighted by Gasteiger charge is -2.43. The van der Waals surface area contributed by atoms with Crippen LogP contribution in [0, 0.1) is 0 Å². The highest BCUT2D eigenvalue weighted by atomic mass is 16.7. The zero-order chi connectivity index (χ0) is 32.5. The highest BCUT2D eigenvalue weighted by Gasteiger charge is 2.57. The van der Waals surface area contributed by atoms with Crippen LogP contribution < -0.4 is 0 Å². The first kappa shape index (κ1) is 31.6. The van der Waals surface area contributed by atoms with Crippen LogP contribution >= 0.6 is 0 Å². The van der Waals surface area contributed by atoms with Crippen LogP contribution in [-0.4, -0.2) is 67.7 Å². The Morgan fingerprint density at radius 2 is 0.783 bits per heavy atom. The van der Waals surface area contributed by atoms with Crippen molar-refractivity contribution in [2.75, 3.05) is 7.11 Å². The van der Waals surface area contributed by atoms with Gasteiger partial charge in [-0.05, 0) is 48.5 Å². The van der Waals surface area contributed by atoms with E-state index in [-0.39, 0.29) is 22.3 Å². The minimum atomic E-state index is -1.83. The highest BCUT2D eigenvalue weighted by molar-refractivity contribution is 5.92. The van der Waals surface area contributed by atoms with Gasteiger partial charge in [0.25, 0.3) is 0 Å². The molecule has 4 aromatic carbocycles. The van der Waals surface area contributed by atoms with Gasteiger partial charge in [-0.3, -0.25) is 0 Å². The van der Waals surface area contributed by atoms with E-state index in [4.69, 9.17) is 28.4 Å². The maximum absolute atomic E-state index is 13.4. The third kappa shape index (κ3) is 7.45. The molecule has 5 rings (SSSR count). The summed E-state index contributed by atoms with van der Waals surface area (Å²) in [6.45, 7) is 0. The number of hydrogen-bond acceptors (Lipinski definition) is 11. The Hall–Kier alpha value is -5.81. The average molecular weight is 625 g/mol. The van der Waals surface area contributed by atoms with Crippen LogP contribution in [0.3, 0.4) is 0 Å². The lowest BCUT2D eigenvalue weighted by atomic mass is 9.97. The standard InChI is InChI=1S/C35H28O11/c1-41-34(40)28-26(42-30(36)22-14-6-2-7-15-22)27(43-31(37)23-16-8-3-9-17-23)29(44-32(38)24-18-10-4-11-19-24)35(45-28)46-33(39)25-20-12-5-13-21-25/h2-21,26-29,35H,1H3. The van der Waals surface area contributed by atoms with Crippen LogP contribution in [0.15, 0.2) is 121 Å². The minimum Gasteiger partial charge on any atom is -0.467 e. The summed E-state index contributed by atoms with van der Waals surface area (Å²) in [5, 5.41) is 0. The summed E-state index contributed by atoms with van der Waals surface area (Å²) in [5.41, 5.74) is 0.429. The molecule has 234 valence electrons. The molecule has 0 radical (unpaired) electrons. The van der Waals surface area contributed by atoms with Gasteiger partial charge in [0.15, 0.2) is 18.3 Å². The van der Waals surface area contributed by atoms with Gasteiger partial charge in [0.1, 0.15) is 0 Å². The largest absolute Gasteiger partial charge is 0.467 e. The van der Waals surface area contributed by atoms with Crippen LogP contribution in [0.5, 0.6) is 0 Å². The Kier molecular flexibility index (Phi) is 10.2. The molecule has 1 aliphatic rings. The molecule has 11 nitrogen and oxygen atoms in total. The van der Waals surface area contributed by atoms with E-state index in [0.717, 1.165) is 7.11 Å². The lowest BCUT2D eigenvalue weighted by molar-refractivity contribution is -0.277. The van der Waals surface area contributed by atoms with Crippen LogP contribution in [0.25, 0.3) is 0 Å². The summed E-state index contributed by atoms with van der Waals surface area (Å²) in [5.74, 6) is -4.66.